The molecule has 2 aromatic heterocycles. The molecule has 4 aromatic rings. The molecule has 35 heavy (non-hydrogen) atoms. The summed E-state index contributed by atoms with van der Waals surface area (Å²) in [4.78, 5) is 34.6. The van der Waals surface area contributed by atoms with Gasteiger partial charge in [-0.3, -0.25) is 14.2 Å². The number of hydrogen-bond donors (Lipinski definition) is 3. The number of nitrogens with one attached hydrogen (secondary N) is 2. The topological polar surface area (TPSA) is 133 Å². The van der Waals surface area contributed by atoms with E-state index >= 15 is 0 Å². The molecule has 0 bridgehead atoms. The minimum Gasteiger partial charge on any atom is -0.493 e. The van der Waals surface area contributed by atoms with Crippen molar-refractivity contribution in [1.29, 1.82) is 0 Å². The van der Waals surface area contributed by atoms with Crippen molar-refractivity contribution in [1.82, 2.24) is 14.5 Å². The van der Waals surface area contributed by atoms with Crippen molar-refractivity contribution in [3.05, 3.63) is 76.2 Å². The van der Waals surface area contributed by atoms with Gasteiger partial charge in [-0.25, -0.2) is 4.98 Å². The van der Waals surface area contributed by atoms with E-state index in [-0.39, 0.29) is 11.5 Å². The molecule has 4 rings (SSSR count). The van der Waals surface area contributed by atoms with Gasteiger partial charge in [0.2, 0.25) is 5.95 Å². The molecule has 0 fully saturated rings. The van der Waals surface area contributed by atoms with Gasteiger partial charge < -0.3 is 25.8 Å². The third-order valence-electron chi connectivity index (χ3n) is 5.40. The number of pyridine rings is 1. The zero-order valence-corrected chi connectivity index (χ0v) is 19.7. The molecule has 0 unspecified atom stereocenters. The quantitative estimate of drug-likeness (QED) is 0.355. The highest BCUT2D eigenvalue weighted by Crippen LogP contribution is 2.30. The first kappa shape index (κ1) is 23.7. The molecule has 4 N–H and O–H groups in total. The zero-order chi connectivity index (χ0) is 24.9. The number of aryl methyl sites for hydroxylation is 1. The Kier molecular flexibility index (Phi) is 6.93. The fourth-order valence-electron chi connectivity index (χ4n) is 3.66. The molecule has 10 nitrogen and oxygen atoms in total. The predicted molar refractivity (Wildman–Crippen MR) is 135 cm³/mol. The maximum absolute atomic E-state index is 12.8. The van der Waals surface area contributed by atoms with Crippen molar-refractivity contribution in [3.8, 4) is 17.2 Å². The summed E-state index contributed by atoms with van der Waals surface area (Å²) in [7, 11) is 3.07. The van der Waals surface area contributed by atoms with Crippen molar-refractivity contribution < 1.29 is 14.3 Å². The predicted octanol–water partition coefficient (Wildman–Crippen LogP) is 2.73. The first-order chi connectivity index (χ1) is 16.9. The second-order valence-electron chi connectivity index (χ2n) is 7.66. The third-order valence-corrected chi connectivity index (χ3v) is 5.40. The largest absolute Gasteiger partial charge is 0.493 e. The minimum absolute atomic E-state index is 0.247. The number of ether oxygens (including phenoxy) is 2. The van der Waals surface area contributed by atoms with Crippen molar-refractivity contribution in [3.63, 3.8) is 0 Å². The second kappa shape index (κ2) is 10.2. The molecular weight excluding hydrogens is 448 g/mol. The highest BCUT2D eigenvalue weighted by atomic mass is 16.5. The first-order valence-electron chi connectivity index (χ1n) is 10.9. The smallest absolute Gasteiger partial charge is 0.256 e. The van der Waals surface area contributed by atoms with Crippen LogP contribution in [0.15, 0.2) is 59.4 Å². The number of carbonyl (C=O) groups excluding carboxylic acids is 1. The zero-order valence-electron chi connectivity index (χ0n) is 19.7. The van der Waals surface area contributed by atoms with Gasteiger partial charge in [-0.1, -0.05) is 0 Å². The Hall–Kier alpha value is -4.44. The third kappa shape index (κ3) is 4.92. The van der Waals surface area contributed by atoms with E-state index in [0.29, 0.717) is 53.1 Å². The second-order valence-corrected chi connectivity index (χ2v) is 7.66. The summed E-state index contributed by atoms with van der Waals surface area (Å²) in [5.41, 5.74) is 8.08. The van der Waals surface area contributed by atoms with Crippen LogP contribution in [0.3, 0.4) is 0 Å². The van der Waals surface area contributed by atoms with Gasteiger partial charge in [0.05, 0.1) is 25.6 Å². The number of methoxy groups -OCH3 is 2. The molecule has 0 spiro atoms. The molecule has 0 aliphatic carbocycles. The Labute approximate surface area is 201 Å². The Morgan fingerprint density at radius 1 is 1.00 bits per heavy atom. The monoisotopic (exact) mass is 474 g/mol. The summed E-state index contributed by atoms with van der Waals surface area (Å²) < 4.78 is 12.0. The van der Waals surface area contributed by atoms with E-state index in [1.807, 2.05) is 6.92 Å². The van der Waals surface area contributed by atoms with Crippen LogP contribution < -0.4 is 31.4 Å². The van der Waals surface area contributed by atoms with Gasteiger partial charge in [0.15, 0.2) is 17.1 Å². The van der Waals surface area contributed by atoms with Crippen LogP contribution in [0.5, 0.6) is 11.5 Å². The van der Waals surface area contributed by atoms with Crippen LogP contribution in [0.1, 0.15) is 16.1 Å². The summed E-state index contributed by atoms with van der Waals surface area (Å²) in [5.74, 6) is 1.16. The minimum atomic E-state index is -0.305. The van der Waals surface area contributed by atoms with Crippen LogP contribution in [0.4, 0.5) is 11.6 Å². The lowest BCUT2D eigenvalue weighted by molar-refractivity contribution is 0.102. The molecular formula is C25H26N6O4. The van der Waals surface area contributed by atoms with Crippen LogP contribution in [0, 0.1) is 6.92 Å². The van der Waals surface area contributed by atoms with E-state index in [1.165, 1.54) is 17.7 Å². The van der Waals surface area contributed by atoms with Gasteiger partial charge in [0, 0.05) is 41.9 Å². The molecule has 10 heteroatoms. The van der Waals surface area contributed by atoms with Crippen LogP contribution in [-0.2, 0) is 0 Å². The summed E-state index contributed by atoms with van der Waals surface area (Å²) in [6.07, 6.45) is 0. The summed E-state index contributed by atoms with van der Waals surface area (Å²) in [6, 6.07) is 15.0. The summed E-state index contributed by atoms with van der Waals surface area (Å²) in [5, 5.41) is 6.64. The number of carbonyl (C=O) groups is 1. The molecule has 0 aliphatic rings. The number of nitrogens with zero attached hydrogens (tertiary/aromatic N) is 3. The lowest BCUT2D eigenvalue weighted by Gasteiger charge is -2.13. The van der Waals surface area contributed by atoms with Crippen LogP contribution in [-0.4, -0.2) is 47.8 Å². The number of fused-ring (bicyclic) bond motifs is 1. The number of benzene rings is 2. The molecule has 0 aliphatic heterocycles. The average Bonchev–Trinajstić information content (AvgIpc) is 2.87. The number of aromatic nitrogens is 3. The lowest BCUT2D eigenvalue weighted by atomic mass is 10.1. The molecule has 0 radical (unpaired) electrons. The standard InChI is InChI=1S/C25H26N6O4/c1-15-19-9-11-22(32)31(23(19)30-25(28-15)27-13-12-26)18-7-4-16(5-8-18)24(33)29-17-6-10-20(34-2)21(14-17)35-3/h4-11,14H,12-13,26H2,1-3H3,(H,29,33)(H,27,28,30). The first-order valence-corrected chi connectivity index (χ1v) is 10.9. The van der Waals surface area contributed by atoms with Crippen molar-refractivity contribution >= 4 is 28.6 Å². The normalized spacial score (nSPS) is 10.7. The van der Waals surface area contributed by atoms with Crippen LogP contribution in [0.2, 0.25) is 0 Å². The molecule has 2 aromatic carbocycles. The Balaban J connectivity index is 1.65. The average molecular weight is 475 g/mol. The molecule has 1 amide bonds. The number of hydrogen-bond acceptors (Lipinski definition) is 8. The highest BCUT2D eigenvalue weighted by Gasteiger charge is 2.13. The lowest BCUT2D eigenvalue weighted by Crippen LogP contribution is -2.20. The number of amides is 1. The fraction of sp³-hybridized carbons (Fsp3) is 0.200. The molecule has 0 atom stereocenters. The summed E-state index contributed by atoms with van der Waals surface area (Å²) >= 11 is 0. The van der Waals surface area contributed by atoms with E-state index in [9.17, 15) is 9.59 Å². The van der Waals surface area contributed by atoms with Crippen molar-refractivity contribution in [2.75, 3.05) is 37.9 Å². The van der Waals surface area contributed by atoms with E-state index in [0.717, 1.165) is 11.1 Å². The van der Waals surface area contributed by atoms with Crippen molar-refractivity contribution in [2.24, 2.45) is 5.73 Å². The molecule has 2 heterocycles. The van der Waals surface area contributed by atoms with Crippen molar-refractivity contribution in [2.45, 2.75) is 6.92 Å². The maximum atomic E-state index is 12.8. The fourth-order valence-corrected chi connectivity index (χ4v) is 3.66. The number of anilines is 2. The van der Waals surface area contributed by atoms with Gasteiger partial charge in [0.25, 0.3) is 11.5 Å². The van der Waals surface area contributed by atoms with Crippen LogP contribution in [0.25, 0.3) is 16.7 Å². The van der Waals surface area contributed by atoms with E-state index in [4.69, 9.17) is 15.2 Å². The Morgan fingerprint density at radius 3 is 2.43 bits per heavy atom. The maximum Gasteiger partial charge on any atom is 0.256 e. The van der Waals surface area contributed by atoms with E-state index in [1.54, 1.807) is 55.6 Å². The molecule has 0 saturated heterocycles. The highest BCUT2D eigenvalue weighted by molar-refractivity contribution is 6.04. The van der Waals surface area contributed by atoms with E-state index in [2.05, 4.69) is 20.6 Å². The van der Waals surface area contributed by atoms with E-state index < -0.39 is 0 Å². The Bertz CT molecular complexity index is 1430. The van der Waals surface area contributed by atoms with Gasteiger partial charge in [-0.15, -0.1) is 0 Å². The number of rotatable bonds is 8. The SMILES string of the molecule is COc1ccc(NC(=O)c2ccc(-n3c(=O)ccc4c(C)nc(NCCN)nc43)cc2)cc1OC. The van der Waals surface area contributed by atoms with Gasteiger partial charge >= 0.3 is 0 Å². The summed E-state index contributed by atoms with van der Waals surface area (Å²) in [6.45, 7) is 2.79. The van der Waals surface area contributed by atoms with Gasteiger partial charge in [0.1, 0.15) is 0 Å². The van der Waals surface area contributed by atoms with Crippen LogP contribution >= 0.6 is 0 Å². The molecule has 0 saturated carbocycles. The Morgan fingerprint density at radius 2 is 1.74 bits per heavy atom. The van der Waals surface area contributed by atoms with Gasteiger partial charge in [-0.2, -0.15) is 4.98 Å². The molecule has 180 valence electrons. The number of nitrogens with two attached hydrogens (primary N) is 1. The van der Waals surface area contributed by atoms with Gasteiger partial charge in [-0.05, 0) is 49.4 Å².